The molecule has 0 saturated carbocycles. The van der Waals surface area contributed by atoms with Gasteiger partial charge in [-0.1, -0.05) is 26.8 Å². The van der Waals surface area contributed by atoms with Crippen LogP contribution in [0.15, 0.2) is 18.5 Å². The third-order valence-corrected chi connectivity index (χ3v) is 3.78. The summed E-state index contributed by atoms with van der Waals surface area (Å²) in [5, 5.41) is 4.42. The molecule has 0 radical (unpaired) electrons. The number of anilines is 1. The Balaban J connectivity index is 2.07. The summed E-state index contributed by atoms with van der Waals surface area (Å²) in [5.74, 6) is 1.10. The molecule has 1 atom stereocenters. The van der Waals surface area contributed by atoms with Gasteiger partial charge in [0.05, 0.1) is 12.7 Å². The van der Waals surface area contributed by atoms with E-state index in [2.05, 4.69) is 54.8 Å². The van der Waals surface area contributed by atoms with E-state index in [1.165, 1.54) is 5.56 Å². The van der Waals surface area contributed by atoms with Crippen LogP contribution in [0.1, 0.15) is 33.3 Å². The average Bonchev–Trinajstić information content (AvgIpc) is 2.85. The molecule has 0 aliphatic carbocycles. The molecule has 2 aromatic rings. The lowest BCUT2D eigenvalue weighted by atomic mass is 9.88. The van der Waals surface area contributed by atoms with Crippen LogP contribution < -0.4 is 4.90 Å². The van der Waals surface area contributed by atoms with Gasteiger partial charge < -0.3 is 9.64 Å². The van der Waals surface area contributed by atoms with E-state index in [-0.39, 0.29) is 11.5 Å². The minimum absolute atomic E-state index is 0.0606. The molecule has 0 spiro atoms. The standard InChI is InChI=1S/C15H22N4O/c1-11-9-18(7-8-20-11)13-6-5-12(15(2,3)4)14-16-10-17-19(13)14/h5-6,10-11H,7-9H2,1-4H3. The van der Waals surface area contributed by atoms with Crippen LogP contribution in [0.5, 0.6) is 0 Å². The Kier molecular flexibility index (Phi) is 3.17. The van der Waals surface area contributed by atoms with Crippen LogP contribution >= 0.6 is 0 Å². The topological polar surface area (TPSA) is 42.7 Å². The van der Waals surface area contributed by atoms with E-state index in [1.54, 1.807) is 6.33 Å². The second-order valence-corrected chi connectivity index (χ2v) is 6.48. The zero-order valence-electron chi connectivity index (χ0n) is 12.6. The molecule has 108 valence electrons. The van der Waals surface area contributed by atoms with Crippen molar-refractivity contribution in [2.75, 3.05) is 24.6 Å². The third kappa shape index (κ3) is 2.26. The molecule has 5 nitrogen and oxygen atoms in total. The zero-order valence-corrected chi connectivity index (χ0v) is 12.6. The molecule has 0 N–H and O–H groups in total. The summed E-state index contributed by atoms with van der Waals surface area (Å²) in [7, 11) is 0. The highest BCUT2D eigenvalue weighted by Crippen LogP contribution is 2.29. The van der Waals surface area contributed by atoms with Crippen LogP contribution in [0.3, 0.4) is 0 Å². The van der Waals surface area contributed by atoms with E-state index in [9.17, 15) is 0 Å². The molecule has 3 rings (SSSR count). The molecule has 20 heavy (non-hydrogen) atoms. The maximum Gasteiger partial charge on any atom is 0.161 e. The largest absolute Gasteiger partial charge is 0.375 e. The van der Waals surface area contributed by atoms with Crippen molar-refractivity contribution in [3.8, 4) is 0 Å². The molecule has 0 aromatic carbocycles. The first-order valence-corrected chi connectivity index (χ1v) is 7.16. The van der Waals surface area contributed by atoms with Gasteiger partial charge >= 0.3 is 0 Å². The van der Waals surface area contributed by atoms with Crippen molar-refractivity contribution in [2.24, 2.45) is 0 Å². The zero-order chi connectivity index (χ0) is 14.3. The van der Waals surface area contributed by atoms with Gasteiger partial charge in [0, 0.05) is 18.7 Å². The summed E-state index contributed by atoms with van der Waals surface area (Å²) in [4.78, 5) is 6.78. The Morgan fingerprint density at radius 2 is 2.10 bits per heavy atom. The number of ether oxygens (including phenoxy) is 1. The predicted octanol–water partition coefficient (Wildman–Crippen LogP) is 2.25. The first-order chi connectivity index (χ1) is 9.47. The lowest BCUT2D eigenvalue weighted by Gasteiger charge is -2.33. The van der Waals surface area contributed by atoms with Gasteiger partial charge in [0.1, 0.15) is 12.1 Å². The lowest BCUT2D eigenvalue weighted by Crippen LogP contribution is -2.42. The van der Waals surface area contributed by atoms with Gasteiger partial charge in [-0.15, -0.1) is 0 Å². The molecule has 1 saturated heterocycles. The van der Waals surface area contributed by atoms with Crippen molar-refractivity contribution in [3.05, 3.63) is 24.0 Å². The van der Waals surface area contributed by atoms with Crippen molar-refractivity contribution < 1.29 is 4.74 Å². The highest BCUT2D eigenvalue weighted by atomic mass is 16.5. The fourth-order valence-corrected chi connectivity index (χ4v) is 2.75. The SMILES string of the molecule is CC1CN(c2ccc(C(C)(C)C)c3ncnn23)CCO1. The van der Waals surface area contributed by atoms with Gasteiger partial charge in [0.25, 0.3) is 0 Å². The molecule has 1 aliphatic rings. The van der Waals surface area contributed by atoms with Gasteiger partial charge in [0.2, 0.25) is 0 Å². The molecule has 3 heterocycles. The van der Waals surface area contributed by atoms with Crippen molar-refractivity contribution in [2.45, 2.75) is 39.2 Å². The van der Waals surface area contributed by atoms with E-state index in [1.807, 2.05) is 4.52 Å². The first-order valence-electron chi connectivity index (χ1n) is 7.16. The lowest BCUT2D eigenvalue weighted by molar-refractivity contribution is 0.0528. The van der Waals surface area contributed by atoms with Gasteiger partial charge in [-0.05, 0) is 18.4 Å². The number of nitrogens with zero attached hydrogens (tertiary/aromatic N) is 4. The number of hydrogen-bond acceptors (Lipinski definition) is 4. The van der Waals surface area contributed by atoms with Crippen LogP contribution in [0.25, 0.3) is 5.65 Å². The summed E-state index contributed by atoms with van der Waals surface area (Å²) < 4.78 is 7.57. The van der Waals surface area contributed by atoms with Crippen LogP contribution in [0.4, 0.5) is 5.82 Å². The Labute approximate surface area is 119 Å². The fraction of sp³-hybridized carbons (Fsp3) is 0.600. The molecule has 1 aliphatic heterocycles. The fourth-order valence-electron chi connectivity index (χ4n) is 2.75. The number of pyridine rings is 1. The summed E-state index contributed by atoms with van der Waals surface area (Å²) in [6.07, 6.45) is 1.89. The number of rotatable bonds is 1. The van der Waals surface area contributed by atoms with E-state index < -0.39 is 0 Å². The maximum atomic E-state index is 5.61. The molecule has 5 heteroatoms. The molecule has 2 aromatic heterocycles. The Morgan fingerprint density at radius 1 is 1.30 bits per heavy atom. The number of aromatic nitrogens is 3. The summed E-state index contributed by atoms with van der Waals surface area (Å²) in [6, 6.07) is 4.33. The van der Waals surface area contributed by atoms with Crippen LogP contribution in [0.2, 0.25) is 0 Å². The Morgan fingerprint density at radius 3 is 2.80 bits per heavy atom. The number of fused-ring (bicyclic) bond motifs is 1. The van der Waals surface area contributed by atoms with Crippen molar-refractivity contribution in [1.29, 1.82) is 0 Å². The Hall–Kier alpha value is -1.62. The highest BCUT2D eigenvalue weighted by Gasteiger charge is 2.23. The quantitative estimate of drug-likeness (QED) is 0.800. The second kappa shape index (κ2) is 4.74. The number of morpholine rings is 1. The average molecular weight is 274 g/mol. The van der Waals surface area contributed by atoms with Gasteiger partial charge in [-0.2, -0.15) is 9.61 Å². The monoisotopic (exact) mass is 274 g/mol. The predicted molar refractivity (Wildman–Crippen MR) is 79.3 cm³/mol. The van der Waals surface area contributed by atoms with Crippen molar-refractivity contribution in [1.82, 2.24) is 14.6 Å². The highest BCUT2D eigenvalue weighted by molar-refractivity contribution is 5.58. The second-order valence-electron chi connectivity index (χ2n) is 6.48. The van der Waals surface area contributed by atoms with Crippen LogP contribution in [0, 0.1) is 0 Å². The summed E-state index contributed by atoms with van der Waals surface area (Å²) >= 11 is 0. The molecular formula is C15H22N4O. The number of hydrogen-bond donors (Lipinski definition) is 0. The van der Waals surface area contributed by atoms with E-state index >= 15 is 0 Å². The van der Waals surface area contributed by atoms with Crippen LogP contribution in [-0.4, -0.2) is 40.4 Å². The maximum absolute atomic E-state index is 5.61. The normalized spacial score (nSPS) is 20.6. The van der Waals surface area contributed by atoms with Crippen molar-refractivity contribution in [3.63, 3.8) is 0 Å². The van der Waals surface area contributed by atoms with Gasteiger partial charge in [0.15, 0.2) is 5.65 Å². The molecule has 1 fully saturated rings. The Bertz CT molecular complexity index is 614. The minimum Gasteiger partial charge on any atom is -0.375 e. The first kappa shape index (κ1) is 13.4. The molecule has 0 amide bonds. The van der Waals surface area contributed by atoms with Crippen molar-refractivity contribution >= 4 is 11.5 Å². The summed E-state index contributed by atoms with van der Waals surface area (Å²) in [5.41, 5.74) is 2.24. The smallest absolute Gasteiger partial charge is 0.161 e. The van der Waals surface area contributed by atoms with Gasteiger partial charge in [-0.3, -0.25) is 0 Å². The molecule has 0 bridgehead atoms. The van der Waals surface area contributed by atoms with Crippen LogP contribution in [-0.2, 0) is 10.2 Å². The third-order valence-electron chi connectivity index (χ3n) is 3.78. The molecular weight excluding hydrogens is 252 g/mol. The van der Waals surface area contributed by atoms with E-state index in [0.717, 1.165) is 31.2 Å². The molecule has 1 unspecified atom stereocenters. The van der Waals surface area contributed by atoms with E-state index in [0.29, 0.717) is 0 Å². The van der Waals surface area contributed by atoms with E-state index in [4.69, 9.17) is 4.74 Å². The van der Waals surface area contributed by atoms with Gasteiger partial charge in [-0.25, -0.2) is 4.98 Å². The summed E-state index contributed by atoms with van der Waals surface area (Å²) in [6.45, 7) is 11.3. The minimum atomic E-state index is 0.0606.